The Bertz CT molecular complexity index is 526. The van der Waals surface area contributed by atoms with Crippen LogP contribution in [0.15, 0.2) is 24.3 Å². The molecule has 0 aromatic heterocycles. The van der Waals surface area contributed by atoms with Crippen LogP contribution in [0.1, 0.15) is 25.7 Å². The fourth-order valence-corrected chi connectivity index (χ4v) is 3.35. The number of anilines is 1. The van der Waals surface area contributed by atoms with Gasteiger partial charge in [0.15, 0.2) is 0 Å². The Morgan fingerprint density at radius 3 is 2.86 bits per heavy atom. The van der Waals surface area contributed by atoms with Crippen molar-refractivity contribution in [1.82, 2.24) is 5.32 Å². The highest BCUT2D eigenvalue weighted by Crippen LogP contribution is 2.34. The Balaban J connectivity index is 1.54. The van der Waals surface area contributed by atoms with Crippen LogP contribution in [0.3, 0.4) is 0 Å². The van der Waals surface area contributed by atoms with Crippen LogP contribution in [-0.2, 0) is 9.47 Å². The molecule has 0 unspecified atom stereocenters. The maximum Gasteiger partial charge on any atom is 0.319 e. The second-order valence-electron chi connectivity index (χ2n) is 5.94. The van der Waals surface area contributed by atoms with Crippen molar-refractivity contribution in [3.8, 4) is 0 Å². The molecule has 0 aliphatic carbocycles. The monoisotopic (exact) mass is 324 g/mol. The highest BCUT2D eigenvalue weighted by atomic mass is 35.5. The average molecular weight is 325 g/mol. The van der Waals surface area contributed by atoms with E-state index in [2.05, 4.69) is 10.6 Å². The number of hydrogen-bond donors (Lipinski definition) is 2. The lowest BCUT2D eigenvalue weighted by molar-refractivity contribution is -0.139. The van der Waals surface area contributed by atoms with Gasteiger partial charge in [-0.2, -0.15) is 0 Å². The topological polar surface area (TPSA) is 59.6 Å². The number of amides is 2. The molecule has 2 N–H and O–H groups in total. The van der Waals surface area contributed by atoms with Crippen molar-refractivity contribution >= 4 is 23.3 Å². The lowest BCUT2D eigenvalue weighted by atomic mass is 9.84. The number of benzene rings is 1. The number of hydrogen-bond acceptors (Lipinski definition) is 3. The number of nitrogens with one attached hydrogen (secondary N) is 2. The largest absolute Gasteiger partial charge is 0.381 e. The molecule has 2 aliphatic heterocycles. The molecule has 5 nitrogen and oxygen atoms in total. The first-order chi connectivity index (χ1) is 10.7. The van der Waals surface area contributed by atoms with Crippen LogP contribution >= 0.6 is 11.6 Å². The van der Waals surface area contributed by atoms with Gasteiger partial charge in [-0.25, -0.2) is 4.79 Å². The summed E-state index contributed by atoms with van der Waals surface area (Å²) >= 11 is 5.92. The van der Waals surface area contributed by atoms with Gasteiger partial charge in [0.2, 0.25) is 0 Å². The summed E-state index contributed by atoms with van der Waals surface area (Å²) in [6.45, 7) is 2.16. The summed E-state index contributed by atoms with van der Waals surface area (Å²) in [6, 6.07) is 7.06. The number of carbonyl (C=O) groups excluding carboxylic acids is 1. The summed E-state index contributed by atoms with van der Waals surface area (Å²) in [7, 11) is 0. The van der Waals surface area contributed by atoms with Gasteiger partial charge in [0.1, 0.15) is 0 Å². The second-order valence-corrected chi connectivity index (χ2v) is 6.38. The molecule has 2 aliphatic rings. The molecule has 2 heterocycles. The highest BCUT2D eigenvalue weighted by molar-refractivity contribution is 6.30. The lowest BCUT2D eigenvalue weighted by Gasteiger charge is -2.43. The first-order valence-electron chi connectivity index (χ1n) is 7.70. The molecule has 2 amide bonds. The predicted molar refractivity (Wildman–Crippen MR) is 85.4 cm³/mol. The highest BCUT2D eigenvalue weighted by Gasteiger charge is 2.39. The van der Waals surface area contributed by atoms with Crippen LogP contribution in [-0.4, -0.2) is 37.5 Å². The summed E-state index contributed by atoms with van der Waals surface area (Å²) in [5.74, 6) is 0. The van der Waals surface area contributed by atoms with Crippen LogP contribution in [0.2, 0.25) is 5.02 Å². The molecule has 1 aromatic rings. The molecule has 3 rings (SSSR count). The Hall–Kier alpha value is -1.30. The van der Waals surface area contributed by atoms with Gasteiger partial charge in [-0.3, -0.25) is 0 Å². The van der Waals surface area contributed by atoms with Crippen molar-refractivity contribution in [1.29, 1.82) is 0 Å². The molecule has 0 radical (unpaired) electrons. The molecular formula is C16H21ClN2O3. The van der Waals surface area contributed by atoms with Crippen molar-refractivity contribution in [3.63, 3.8) is 0 Å². The van der Waals surface area contributed by atoms with Crippen molar-refractivity contribution in [2.75, 3.05) is 25.1 Å². The van der Waals surface area contributed by atoms with Gasteiger partial charge < -0.3 is 20.1 Å². The first kappa shape index (κ1) is 15.6. The minimum Gasteiger partial charge on any atom is -0.381 e. The van der Waals surface area contributed by atoms with Crippen molar-refractivity contribution in [2.24, 2.45) is 0 Å². The van der Waals surface area contributed by atoms with E-state index < -0.39 is 0 Å². The molecule has 1 spiro atoms. The SMILES string of the molecule is O=C(Nc1cccc(Cl)c1)N[C@@H]1CCOC2(CCOCC2)C1. The maximum absolute atomic E-state index is 12.1. The smallest absolute Gasteiger partial charge is 0.319 e. The number of carbonyl (C=O) groups is 1. The lowest BCUT2D eigenvalue weighted by Crippen LogP contribution is -2.51. The van der Waals surface area contributed by atoms with E-state index in [0.29, 0.717) is 17.3 Å². The minimum atomic E-state index is -0.198. The van der Waals surface area contributed by atoms with Gasteiger partial charge in [0, 0.05) is 36.6 Å². The number of ether oxygens (including phenoxy) is 2. The van der Waals surface area contributed by atoms with E-state index in [9.17, 15) is 4.79 Å². The molecule has 22 heavy (non-hydrogen) atoms. The van der Waals surface area contributed by atoms with Crippen molar-refractivity contribution in [2.45, 2.75) is 37.3 Å². The molecule has 120 valence electrons. The van der Waals surface area contributed by atoms with E-state index in [4.69, 9.17) is 21.1 Å². The van der Waals surface area contributed by atoms with E-state index >= 15 is 0 Å². The van der Waals surface area contributed by atoms with Crippen LogP contribution in [0.25, 0.3) is 0 Å². The summed E-state index contributed by atoms with van der Waals surface area (Å²) in [5.41, 5.74) is 0.572. The molecular weight excluding hydrogens is 304 g/mol. The van der Waals surface area contributed by atoms with Gasteiger partial charge in [-0.15, -0.1) is 0 Å². The Labute approximate surface area is 135 Å². The van der Waals surface area contributed by atoms with E-state index in [1.54, 1.807) is 12.1 Å². The van der Waals surface area contributed by atoms with Crippen LogP contribution in [0.5, 0.6) is 0 Å². The summed E-state index contributed by atoms with van der Waals surface area (Å²) in [5, 5.41) is 6.47. The summed E-state index contributed by atoms with van der Waals surface area (Å²) < 4.78 is 11.4. The number of rotatable bonds is 2. The normalized spacial score (nSPS) is 24.0. The van der Waals surface area contributed by atoms with Crippen LogP contribution in [0.4, 0.5) is 10.5 Å². The van der Waals surface area contributed by atoms with Crippen molar-refractivity contribution in [3.05, 3.63) is 29.3 Å². The zero-order valence-electron chi connectivity index (χ0n) is 12.4. The van der Waals surface area contributed by atoms with E-state index in [1.165, 1.54) is 0 Å². The minimum absolute atomic E-state index is 0.121. The van der Waals surface area contributed by atoms with Crippen LogP contribution in [0, 0.1) is 0 Å². The molecule has 2 saturated heterocycles. The zero-order valence-corrected chi connectivity index (χ0v) is 13.2. The fourth-order valence-electron chi connectivity index (χ4n) is 3.16. The van der Waals surface area contributed by atoms with Crippen LogP contribution < -0.4 is 10.6 Å². The second kappa shape index (κ2) is 6.86. The molecule has 2 fully saturated rings. The molecule has 0 saturated carbocycles. The van der Waals surface area contributed by atoms with Gasteiger partial charge in [-0.05, 0) is 43.9 Å². The maximum atomic E-state index is 12.1. The molecule has 1 aromatic carbocycles. The van der Waals surface area contributed by atoms with Crippen molar-refractivity contribution < 1.29 is 14.3 Å². The summed E-state index contributed by atoms with van der Waals surface area (Å²) in [4.78, 5) is 12.1. The quantitative estimate of drug-likeness (QED) is 0.878. The van der Waals surface area contributed by atoms with E-state index in [0.717, 1.165) is 38.9 Å². The average Bonchev–Trinajstić information content (AvgIpc) is 2.48. The third-order valence-corrected chi connectivity index (χ3v) is 4.55. The molecule has 6 heteroatoms. The number of urea groups is 1. The third kappa shape index (κ3) is 3.91. The third-order valence-electron chi connectivity index (χ3n) is 4.31. The standard InChI is InChI=1S/C16H21ClN2O3/c17-12-2-1-3-13(10-12)18-15(20)19-14-4-7-22-16(11-14)5-8-21-9-6-16/h1-3,10,14H,4-9,11H2,(H2,18,19,20)/t14-/m1/s1. The Morgan fingerprint density at radius 1 is 1.27 bits per heavy atom. The van der Waals surface area contributed by atoms with E-state index in [1.807, 2.05) is 12.1 Å². The predicted octanol–water partition coefficient (Wildman–Crippen LogP) is 3.19. The fraction of sp³-hybridized carbons (Fsp3) is 0.562. The zero-order chi connectivity index (χ0) is 15.4. The van der Waals surface area contributed by atoms with E-state index in [-0.39, 0.29) is 17.7 Å². The Kier molecular flexibility index (Phi) is 4.86. The van der Waals surface area contributed by atoms with Gasteiger partial charge in [0.25, 0.3) is 0 Å². The first-order valence-corrected chi connectivity index (χ1v) is 8.08. The van der Waals surface area contributed by atoms with Gasteiger partial charge in [-0.1, -0.05) is 17.7 Å². The number of halogens is 1. The Morgan fingerprint density at radius 2 is 2.09 bits per heavy atom. The summed E-state index contributed by atoms with van der Waals surface area (Å²) in [6.07, 6.45) is 3.49. The molecule has 0 bridgehead atoms. The van der Waals surface area contributed by atoms with Gasteiger partial charge >= 0.3 is 6.03 Å². The van der Waals surface area contributed by atoms with Gasteiger partial charge in [0.05, 0.1) is 5.60 Å². The molecule has 1 atom stereocenters.